The van der Waals surface area contributed by atoms with Gasteiger partial charge >= 0.3 is 0 Å². The number of nitrogens with zero attached hydrogens (tertiary/aromatic N) is 1. The van der Waals surface area contributed by atoms with Gasteiger partial charge in [-0.2, -0.15) is 0 Å². The lowest BCUT2D eigenvalue weighted by atomic mass is 9.84. The Labute approximate surface area is 91.5 Å². The zero-order valence-corrected chi connectivity index (χ0v) is 9.54. The van der Waals surface area contributed by atoms with E-state index in [4.69, 9.17) is 0 Å². The van der Waals surface area contributed by atoms with E-state index in [0.29, 0.717) is 11.8 Å². The lowest BCUT2D eigenvalue weighted by Gasteiger charge is -2.51. The summed E-state index contributed by atoms with van der Waals surface area (Å²) in [6.07, 6.45) is 5.45. The van der Waals surface area contributed by atoms with Gasteiger partial charge in [0.2, 0.25) is 0 Å². The van der Waals surface area contributed by atoms with Crippen molar-refractivity contribution in [1.29, 1.82) is 0 Å². The third-order valence-electron chi connectivity index (χ3n) is 3.74. The molecule has 86 valence electrons. The van der Waals surface area contributed by atoms with Crippen molar-refractivity contribution < 1.29 is 9.90 Å². The van der Waals surface area contributed by atoms with E-state index in [1.54, 1.807) is 0 Å². The fourth-order valence-electron chi connectivity index (χ4n) is 2.88. The van der Waals surface area contributed by atoms with E-state index in [1.165, 1.54) is 0 Å². The van der Waals surface area contributed by atoms with Crippen LogP contribution in [0.4, 0.5) is 0 Å². The minimum atomic E-state index is -0.420. The first-order valence-corrected chi connectivity index (χ1v) is 6.11. The summed E-state index contributed by atoms with van der Waals surface area (Å²) >= 11 is 0. The molecular weight excluding hydrogens is 190 g/mol. The number of carbonyl (C=O) groups is 1. The number of hydrogen-bond donors (Lipinski definition) is 1. The summed E-state index contributed by atoms with van der Waals surface area (Å²) in [5.41, 5.74) is -0.420. The second-order valence-corrected chi connectivity index (χ2v) is 5.15. The maximum atomic E-state index is 11.1. The predicted molar refractivity (Wildman–Crippen MR) is 58.7 cm³/mol. The van der Waals surface area contributed by atoms with Crippen LogP contribution in [-0.4, -0.2) is 40.5 Å². The van der Waals surface area contributed by atoms with Gasteiger partial charge in [0, 0.05) is 32.0 Å². The van der Waals surface area contributed by atoms with Gasteiger partial charge < -0.3 is 5.11 Å². The number of rotatable bonds is 3. The van der Waals surface area contributed by atoms with Crippen LogP contribution < -0.4 is 0 Å². The fraction of sp³-hybridized carbons (Fsp3) is 0.917. The molecule has 0 amide bonds. The predicted octanol–water partition coefficient (Wildman–Crippen LogP) is 1.34. The van der Waals surface area contributed by atoms with Gasteiger partial charge in [0.05, 0.1) is 5.60 Å². The van der Waals surface area contributed by atoms with Crippen LogP contribution in [0.5, 0.6) is 0 Å². The van der Waals surface area contributed by atoms with Gasteiger partial charge in [-0.05, 0) is 19.3 Å². The molecular formula is C12H21NO2. The van der Waals surface area contributed by atoms with E-state index in [1.807, 2.05) is 0 Å². The zero-order chi connectivity index (χ0) is 10.9. The molecule has 0 spiro atoms. The molecule has 1 aliphatic heterocycles. The lowest BCUT2D eigenvalue weighted by molar-refractivity contribution is -0.133. The Kier molecular flexibility index (Phi) is 3.12. The van der Waals surface area contributed by atoms with Crippen molar-refractivity contribution in [3.8, 4) is 0 Å². The number of β-amino-alcohol motifs (C(OH)–C–C–N with tert-alkyl or cyclic N) is 1. The van der Waals surface area contributed by atoms with Crippen LogP contribution in [-0.2, 0) is 4.79 Å². The van der Waals surface area contributed by atoms with E-state index in [9.17, 15) is 9.90 Å². The number of ketones is 1. The van der Waals surface area contributed by atoms with Crippen LogP contribution in [0.3, 0.4) is 0 Å². The van der Waals surface area contributed by atoms with Crippen LogP contribution in [0, 0.1) is 0 Å². The molecule has 0 aromatic carbocycles. The first-order valence-electron chi connectivity index (χ1n) is 6.11. The average molecular weight is 211 g/mol. The molecule has 0 atom stereocenters. The molecule has 0 radical (unpaired) electrons. The molecule has 0 aromatic heterocycles. The SMILES string of the molecule is CCCC1(O)CN(C2CCC(=O)CC2)C1. The van der Waals surface area contributed by atoms with Crippen LogP contribution in [0.15, 0.2) is 0 Å². The molecule has 15 heavy (non-hydrogen) atoms. The molecule has 3 heteroatoms. The number of carbonyl (C=O) groups excluding carboxylic acids is 1. The number of hydrogen-bond acceptors (Lipinski definition) is 3. The summed E-state index contributed by atoms with van der Waals surface area (Å²) in [6.45, 7) is 3.75. The first kappa shape index (κ1) is 11.1. The summed E-state index contributed by atoms with van der Waals surface area (Å²) < 4.78 is 0. The first-order chi connectivity index (χ1) is 7.13. The summed E-state index contributed by atoms with van der Waals surface area (Å²) in [5, 5.41) is 10.1. The molecule has 0 aromatic rings. The number of likely N-dealkylation sites (tertiary alicyclic amines) is 1. The molecule has 1 N–H and O–H groups in total. The molecule has 1 heterocycles. The highest BCUT2D eigenvalue weighted by Gasteiger charge is 2.43. The van der Waals surface area contributed by atoms with Crippen molar-refractivity contribution in [2.45, 2.75) is 57.1 Å². The highest BCUT2D eigenvalue weighted by molar-refractivity contribution is 5.79. The van der Waals surface area contributed by atoms with Crippen molar-refractivity contribution in [2.24, 2.45) is 0 Å². The molecule has 0 unspecified atom stereocenters. The molecule has 0 bridgehead atoms. The molecule has 3 nitrogen and oxygen atoms in total. The highest BCUT2D eigenvalue weighted by Crippen LogP contribution is 2.32. The van der Waals surface area contributed by atoms with Gasteiger partial charge in [-0.3, -0.25) is 9.69 Å². The van der Waals surface area contributed by atoms with E-state index < -0.39 is 5.60 Å². The Bertz CT molecular complexity index is 236. The molecule has 1 saturated heterocycles. The molecule has 2 aliphatic rings. The van der Waals surface area contributed by atoms with E-state index >= 15 is 0 Å². The van der Waals surface area contributed by atoms with Gasteiger partial charge in [0.1, 0.15) is 5.78 Å². The standard InChI is InChI=1S/C12H21NO2/c1-2-7-12(15)8-13(9-12)10-3-5-11(14)6-4-10/h10,15H,2-9H2,1H3. The van der Waals surface area contributed by atoms with E-state index in [0.717, 1.165) is 51.6 Å². The van der Waals surface area contributed by atoms with Crippen molar-refractivity contribution in [1.82, 2.24) is 4.90 Å². The van der Waals surface area contributed by atoms with Crippen LogP contribution in [0.2, 0.25) is 0 Å². The summed E-state index contributed by atoms with van der Waals surface area (Å²) in [4.78, 5) is 13.4. The third-order valence-corrected chi connectivity index (χ3v) is 3.74. The minimum Gasteiger partial charge on any atom is -0.387 e. The molecule has 2 fully saturated rings. The van der Waals surface area contributed by atoms with Crippen molar-refractivity contribution >= 4 is 5.78 Å². The topological polar surface area (TPSA) is 40.5 Å². The van der Waals surface area contributed by atoms with Crippen LogP contribution >= 0.6 is 0 Å². The quantitative estimate of drug-likeness (QED) is 0.766. The lowest BCUT2D eigenvalue weighted by Crippen LogP contribution is -2.64. The second kappa shape index (κ2) is 4.22. The maximum Gasteiger partial charge on any atom is 0.133 e. The monoisotopic (exact) mass is 211 g/mol. The van der Waals surface area contributed by atoms with Gasteiger partial charge in [-0.1, -0.05) is 13.3 Å². The van der Waals surface area contributed by atoms with Crippen molar-refractivity contribution in [3.05, 3.63) is 0 Å². The maximum absolute atomic E-state index is 11.1. The van der Waals surface area contributed by atoms with Gasteiger partial charge in [0.25, 0.3) is 0 Å². The van der Waals surface area contributed by atoms with Gasteiger partial charge in [-0.15, -0.1) is 0 Å². The third kappa shape index (κ3) is 2.40. The highest BCUT2D eigenvalue weighted by atomic mass is 16.3. The summed E-state index contributed by atoms with van der Waals surface area (Å²) in [5.74, 6) is 0.413. The van der Waals surface area contributed by atoms with Crippen molar-refractivity contribution in [2.75, 3.05) is 13.1 Å². The summed E-state index contributed by atoms with van der Waals surface area (Å²) in [7, 11) is 0. The Balaban J connectivity index is 1.77. The van der Waals surface area contributed by atoms with Crippen LogP contribution in [0.25, 0.3) is 0 Å². The van der Waals surface area contributed by atoms with Crippen LogP contribution in [0.1, 0.15) is 45.4 Å². The fourth-order valence-corrected chi connectivity index (χ4v) is 2.88. The van der Waals surface area contributed by atoms with E-state index in [2.05, 4.69) is 11.8 Å². The minimum absolute atomic E-state index is 0.413. The van der Waals surface area contributed by atoms with Gasteiger partial charge in [0.15, 0.2) is 0 Å². The molecule has 1 saturated carbocycles. The Morgan fingerprint density at radius 3 is 2.53 bits per heavy atom. The smallest absolute Gasteiger partial charge is 0.133 e. The Morgan fingerprint density at radius 2 is 2.00 bits per heavy atom. The van der Waals surface area contributed by atoms with E-state index in [-0.39, 0.29) is 0 Å². The molecule has 1 aliphatic carbocycles. The Hall–Kier alpha value is -0.410. The number of aliphatic hydroxyl groups is 1. The largest absolute Gasteiger partial charge is 0.387 e. The normalized spacial score (nSPS) is 27.7. The molecule has 2 rings (SSSR count). The number of Topliss-reactive ketones (excluding diaryl/α,β-unsaturated/α-hetero) is 1. The average Bonchev–Trinajstić information content (AvgIpc) is 2.16. The summed E-state index contributed by atoms with van der Waals surface area (Å²) in [6, 6.07) is 0.555. The van der Waals surface area contributed by atoms with Crippen molar-refractivity contribution in [3.63, 3.8) is 0 Å². The van der Waals surface area contributed by atoms with Gasteiger partial charge in [-0.25, -0.2) is 0 Å². The Morgan fingerprint density at radius 1 is 1.40 bits per heavy atom. The zero-order valence-electron chi connectivity index (χ0n) is 9.54. The second-order valence-electron chi connectivity index (χ2n) is 5.15.